The fourth-order valence-corrected chi connectivity index (χ4v) is 7.63. The highest BCUT2D eigenvalue weighted by Gasteiger charge is 2.59. The van der Waals surface area contributed by atoms with Crippen molar-refractivity contribution in [1.29, 1.82) is 0 Å². The molecule has 0 aromatic rings. The van der Waals surface area contributed by atoms with Gasteiger partial charge in [-0.15, -0.1) is 0 Å². The Balaban J connectivity index is 1.66. The van der Waals surface area contributed by atoms with Gasteiger partial charge in [0.1, 0.15) is 5.78 Å². The van der Waals surface area contributed by atoms with Gasteiger partial charge in [0.15, 0.2) is 0 Å². The quantitative estimate of drug-likeness (QED) is 0.351. The largest absolute Gasteiger partial charge is 0.463 e. The lowest BCUT2D eigenvalue weighted by molar-refractivity contribution is -0.137. The first-order valence-corrected chi connectivity index (χ1v) is 11.3. The summed E-state index contributed by atoms with van der Waals surface area (Å²) in [7, 11) is 0. The van der Waals surface area contributed by atoms with Gasteiger partial charge in [-0.25, -0.2) is 4.79 Å². The number of esters is 1. The molecule has 0 aromatic heterocycles. The van der Waals surface area contributed by atoms with Crippen LogP contribution >= 0.6 is 0 Å². The molecule has 28 heavy (non-hydrogen) atoms. The molecule has 0 spiro atoms. The second kappa shape index (κ2) is 6.57. The summed E-state index contributed by atoms with van der Waals surface area (Å²) in [6.45, 7) is 11.4. The van der Waals surface area contributed by atoms with Crippen LogP contribution in [-0.2, 0) is 14.3 Å². The number of allylic oxidation sites excluding steroid dienone is 3. The standard InChI is InChI=1S/C25H36O3/c1-6-28-22(27)15-16-7-9-18-17-8-10-20-23(2,3)21(26)12-14-25(20,5)19(17)11-13-24(16,18)4/h10,15,17-19H,6-9,11-14H2,1-5H3/b16-15+/t17-,18-,19-,24+,25+/m0/s1. The second-order valence-electron chi connectivity index (χ2n) is 10.6. The minimum Gasteiger partial charge on any atom is -0.463 e. The van der Waals surface area contributed by atoms with Crippen molar-refractivity contribution in [3.8, 4) is 0 Å². The van der Waals surface area contributed by atoms with E-state index < -0.39 is 0 Å². The number of carbonyl (C=O) groups is 2. The summed E-state index contributed by atoms with van der Waals surface area (Å²) in [6, 6.07) is 0. The number of fused-ring (bicyclic) bond motifs is 5. The van der Waals surface area contributed by atoms with E-state index in [2.05, 4.69) is 33.8 Å². The molecule has 0 unspecified atom stereocenters. The summed E-state index contributed by atoms with van der Waals surface area (Å²) in [5.41, 5.74) is 2.73. The van der Waals surface area contributed by atoms with Crippen LogP contribution in [0.15, 0.2) is 23.3 Å². The third-order valence-corrected chi connectivity index (χ3v) is 9.13. The van der Waals surface area contributed by atoms with Crippen molar-refractivity contribution in [1.82, 2.24) is 0 Å². The van der Waals surface area contributed by atoms with Gasteiger partial charge >= 0.3 is 5.97 Å². The summed E-state index contributed by atoms with van der Waals surface area (Å²) in [5, 5.41) is 0. The van der Waals surface area contributed by atoms with Gasteiger partial charge in [-0.1, -0.05) is 31.1 Å². The van der Waals surface area contributed by atoms with Crippen LogP contribution in [0.4, 0.5) is 0 Å². The lowest BCUT2D eigenvalue weighted by Gasteiger charge is -2.59. The molecule has 0 N–H and O–H groups in total. The number of Topliss-reactive ketones (excluding diaryl/α,β-unsaturated/α-hetero) is 1. The highest BCUT2D eigenvalue weighted by molar-refractivity contribution is 5.89. The third kappa shape index (κ3) is 2.68. The van der Waals surface area contributed by atoms with Crippen molar-refractivity contribution in [2.24, 2.45) is 34.0 Å². The van der Waals surface area contributed by atoms with Gasteiger partial charge in [-0.05, 0) is 87.9 Å². The Hall–Kier alpha value is -1.38. The molecule has 4 aliphatic carbocycles. The van der Waals surface area contributed by atoms with Gasteiger partial charge in [0, 0.05) is 17.9 Å². The highest BCUT2D eigenvalue weighted by Crippen LogP contribution is 2.67. The van der Waals surface area contributed by atoms with Gasteiger partial charge in [0.25, 0.3) is 0 Å². The highest BCUT2D eigenvalue weighted by atomic mass is 16.5. The van der Waals surface area contributed by atoms with Crippen LogP contribution < -0.4 is 0 Å². The fraction of sp³-hybridized carbons (Fsp3) is 0.760. The first kappa shape index (κ1) is 19.9. The van der Waals surface area contributed by atoms with Gasteiger partial charge in [-0.2, -0.15) is 0 Å². The molecule has 0 saturated heterocycles. The van der Waals surface area contributed by atoms with E-state index in [-0.39, 0.29) is 22.2 Å². The molecule has 3 nitrogen and oxygen atoms in total. The van der Waals surface area contributed by atoms with Crippen LogP contribution in [0.5, 0.6) is 0 Å². The zero-order chi connectivity index (χ0) is 20.3. The van der Waals surface area contributed by atoms with E-state index in [0.717, 1.165) is 32.1 Å². The minimum absolute atomic E-state index is 0.135. The zero-order valence-corrected chi connectivity index (χ0v) is 18.3. The number of ether oxygens (including phenoxy) is 1. The van der Waals surface area contributed by atoms with Crippen LogP contribution in [-0.4, -0.2) is 18.4 Å². The van der Waals surface area contributed by atoms with Crippen molar-refractivity contribution >= 4 is 11.8 Å². The number of carbonyl (C=O) groups excluding carboxylic acids is 2. The van der Waals surface area contributed by atoms with E-state index in [1.165, 1.54) is 24.0 Å². The normalized spacial score (nSPS) is 43.0. The third-order valence-electron chi connectivity index (χ3n) is 9.13. The lowest BCUT2D eigenvalue weighted by atomic mass is 9.45. The summed E-state index contributed by atoms with van der Waals surface area (Å²) in [5.74, 6) is 2.22. The molecule has 0 heterocycles. The minimum atomic E-state index is -0.302. The van der Waals surface area contributed by atoms with Crippen molar-refractivity contribution < 1.29 is 14.3 Å². The Kier molecular flexibility index (Phi) is 4.67. The van der Waals surface area contributed by atoms with Crippen LogP contribution in [0.1, 0.15) is 79.6 Å². The summed E-state index contributed by atoms with van der Waals surface area (Å²) < 4.78 is 5.20. The van der Waals surface area contributed by atoms with Crippen LogP contribution in [0, 0.1) is 34.0 Å². The summed E-state index contributed by atoms with van der Waals surface area (Å²) in [6.07, 6.45) is 11.6. The van der Waals surface area contributed by atoms with Gasteiger partial charge in [0.05, 0.1) is 6.61 Å². The second-order valence-corrected chi connectivity index (χ2v) is 10.6. The molecule has 3 saturated carbocycles. The molecule has 0 aliphatic heterocycles. The van der Waals surface area contributed by atoms with Crippen molar-refractivity contribution in [3.05, 3.63) is 23.3 Å². The topological polar surface area (TPSA) is 43.4 Å². The number of hydrogen-bond acceptors (Lipinski definition) is 3. The maximum Gasteiger partial charge on any atom is 0.330 e. The molecular weight excluding hydrogens is 348 g/mol. The molecule has 154 valence electrons. The van der Waals surface area contributed by atoms with E-state index >= 15 is 0 Å². The molecule has 4 aliphatic rings. The molecule has 5 atom stereocenters. The molecule has 3 heteroatoms. The van der Waals surface area contributed by atoms with Crippen LogP contribution in [0.25, 0.3) is 0 Å². The first-order chi connectivity index (χ1) is 13.1. The molecule has 0 radical (unpaired) electrons. The van der Waals surface area contributed by atoms with Crippen molar-refractivity contribution in [2.75, 3.05) is 6.61 Å². The maximum absolute atomic E-state index is 12.6. The Morgan fingerprint density at radius 3 is 2.54 bits per heavy atom. The Morgan fingerprint density at radius 1 is 1.11 bits per heavy atom. The van der Waals surface area contributed by atoms with Gasteiger partial charge < -0.3 is 4.74 Å². The van der Waals surface area contributed by atoms with Crippen LogP contribution in [0.3, 0.4) is 0 Å². The van der Waals surface area contributed by atoms with Gasteiger partial charge in [0.2, 0.25) is 0 Å². The predicted molar refractivity (Wildman–Crippen MR) is 111 cm³/mol. The van der Waals surface area contributed by atoms with Crippen molar-refractivity contribution in [2.45, 2.75) is 79.6 Å². The summed E-state index contributed by atoms with van der Waals surface area (Å²) in [4.78, 5) is 24.7. The molecule has 4 rings (SSSR count). The van der Waals surface area contributed by atoms with Crippen molar-refractivity contribution in [3.63, 3.8) is 0 Å². The first-order valence-electron chi connectivity index (χ1n) is 11.3. The van der Waals surface area contributed by atoms with E-state index in [9.17, 15) is 9.59 Å². The average Bonchev–Trinajstić information content (AvgIpc) is 2.95. The monoisotopic (exact) mass is 384 g/mol. The molecule has 0 aromatic carbocycles. The Labute approximate surface area is 170 Å². The Bertz CT molecular complexity index is 758. The number of hydrogen-bond donors (Lipinski definition) is 0. The van der Waals surface area contributed by atoms with Gasteiger partial charge in [-0.3, -0.25) is 4.79 Å². The van der Waals surface area contributed by atoms with Crippen LogP contribution in [0.2, 0.25) is 0 Å². The smallest absolute Gasteiger partial charge is 0.330 e. The zero-order valence-electron chi connectivity index (χ0n) is 18.3. The maximum atomic E-state index is 12.6. The fourth-order valence-electron chi connectivity index (χ4n) is 7.63. The molecule has 0 bridgehead atoms. The number of rotatable bonds is 2. The van der Waals surface area contributed by atoms with E-state index in [0.29, 0.717) is 30.1 Å². The van der Waals surface area contributed by atoms with E-state index in [1.807, 2.05) is 6.92 Å². The molecule has 0 amide bonds. The Morgan fingerprint density at radius 2 is 1.82 bits per heavy atom. The number of ketones is 1. The predicted octanol–water partition coefficient (Wildman–Crippen LogP) is 5.64. The van der Waals surface area contributed by atoms with E-state index in [4.69, 9.17) is 4.74 Å². The molecule has 3 fully saturated rings. The SMILES string of the molecule is CCOC(=O)/C=C1\CC[C@H]2[C@@H]3CC=C4C(C)(C)C(=O)CC[C@]4(C)[C@H]3CC[C@]12C. The molecular formula is C25H36O3. The summed E-state index contributed by atoms with van der Waals surface area (Å²) >= 11 is 0. The average molecular weight is 385 g/mol. The lowest BCUT2D eigenvalue weighted by Crippen LogP contribution is -2.53. The van der Waals surface area contributed by atoms with E-state index in [1.54, 1.807) is 6.08 Å².